The van der Waals surface area contributed by atoms with Crippen LogP contribution in [0.4, 0.5) is 0 Å². The summed E-state index contributed by atoms with van der Waals surface area (Å²) in [5, 5.41) is 0.657. The van der Waals surface area contributed by atoms with Crippen LogP contribution in [0.15, 0.2) is 53.6 Å². The van der Waals surface area contributed by atoms with Crippen molar-refractivity contribution in [3.63, 3.8) is 0 Å². The Morgan fingerprint density at radius 3 is 2.19 bits per heavy atom. The molecule has 0 aliphatic heterocycles. The molecule has 0 atom stereocenters. The van der Waals surface area contributed by atoms with E-state index in [2.05, 4.69) is 0 Å². The maximum Gasteiger partial charge on any atom is 0.338 e. The van der Waals surface area contributed by atoms with E-state index < -0.39 is 27.4 Å². The monoisotopic (exact) mass is 453 g/mol. The van der Waals surface area contributed by atoms with Gasteiger partial charge in [-0.25, -0.2) is 17.2 Å². The van der Waals surface area contributed by atoms with Crippen LogP contribution in [-0.4, -0.2) is 24.3 Å². The lowest BCUT2D eigenvalue weighted by atomic mass is 9.97. The highest BCUT2D eigenvalue weighted by atomic mass is 32.2. The predicted octanol–water partition coefficient (Wildman–Crippen LogP) is 4.93. The number of benzene rings is 2. The van der Waals surface area contributed by atoms with E-state index in [0.29, 0.717) is 27.6 Å². The van der Waals surface area contributed by atoms with Gasteiger partial charge in [0.2, 0.25) is 0 Å². The Hall–Kier alpha value is -3.19. The molecule has 1 aromatic heterocycles. The molecule has 0 radical (unpaired) electrons. The van der Waals surface area contributed by atoms with Gasteiger partial charge in [-0.3, -0.25) is 4.79 Å². The van der Waals surface area contributed by atoms with Crippen molar-refractivity contribution in [1.82, 2.24) is 3.97 Å². The number of carbonyl (C=O) groups excluding carboxylic acids is 2. The molecule has 3 aromatic rings. The molecule has 0 saturated carbocycles. The number of hydrogen-bond acceptors (Lipinski definition) is 5. The smallest absolute Gasteiger partial charge is 0.338 e. The van der Waals surface area contributed by atoms with Gasteiger partial charge in [0.1, 0.15) is 0 Å². The van der Waals surface area contributed by atoms with Gasteiger partial charge in [-0.15, -0.1) is 0 Å². The summed E-state index contributed by atoms with van der Waals surface area (Å²) in [5.41, 5.74) is 2.53. The molecule has 6 nitrogen and oxygen atoms in total. The van der Waals surface area contributed by atoms with Crippen LogP contribution in [0, 0.1) is 26.2 Å². The van der Waals surface area contributed by atoms with Crippen LogP contribution in [0.5, 0.6) is 0 Å². The highest BCUT2D eigenvalue weighted by molar-refractivity contribution is 7.90. The van der Waals surface area contributed by atoms with E-state index in [1.807, 2.05) is 19.1 Å². The SMILES string of the molecule is Cc1cc(C)c(S(=O)(=O)n2cc(/C=C/C(=O)OC(=O)C(C)(C)C)c3ccccc32)c(C)c1. The summed E-state index contributed by atoms with van der Waals surface area (Å²) in [6.45, 7) is 10.4. The summed E-state index contributed by atoms with van der Waals surface area (Å²) in [4.78, 5) is 24.3. The Morgan fingerprint density at radius 2 is 1.59 bits per heavy atom. The molecule has 0 N–H and O–H groups in total. The molecule has 0 amide bonds. The van der Waals surface area contributed by atoms with E-state index >= 15 is 0 Å². The molecular formula is C25H27NO5S. The Balaban J connectivity index is 2.07. The van der Waals surface area contributed by atoms with Gasteiger partial charge in [-0.1, -0.05) is 35.9 Å². The van der Waals surface area contributed by atoms with Crippen LogP contribution < -0.4 is 0 Å². The van der Waals surface area contributed by atoms with Crippen LogP contribution in [0.1, 0.15) is 43.0 Å². The summed E-state index contributed by atoms with van der Waals surface area (Å²) < 4.78 is 33.3. The fourth-order valence-electron chi connectivity index (χ4n) is 3.62. The summed E-state index contributed by atoms with van der Waals surface area (Å²) >= 11 is 0. The number of ether oxygens (including phenoxy) is 1. The third-order valence-electron chi connectivity index (χ3n) is 5.04. The lowest BCUT2D eigenvalue weighted by molar-refractivity contribution is -0.162. The Bertz CT molecular complexity index is 1330. The molecule has 7 heteroatoms. The Morgan fingerprint density at radius 1 is 1.00 bits per heavy atom. The first-order valence-corrected chi connectivity index (χ1v) is 11.6. The number of fused-ring (bicyclic) bond motifs is 1. The fourth-order valence-corrected chi connectivity index (χ4v) is 5.41. The number of nitrogens with zero attached hydrogens (tertiary/aromatic N) is 1. The lowest BCUT2D eigenvalue weighted by Gasteiger charge is -2.14. The number of para-hydroxylation sites is 1. The molecule has 1 heterocycles. The van der Waals surface area contributed by atoms with Crippen molar-refractivity contribution in [2.24, 2.45) is 5.41 Å². The van der Waals surface area contributed by atoms with Crippen LogP contribution in [0.2, 0.25) is 0 Å². The maximum atomic E-state index is 13.6. The molecule has 0 aliphatic carbocycles. The lowest BCUT2D eigenvalue weighted by Crippen LogP contribution is -2.25. The largest absolute Gasteiger partial charge is 0.389 e. The molecule has 2 aromatic carbocycles. The zero-order chi connectivity index (χ0) is 23.8. The van der Waals surface area contributed by atoms with Crippen molar-refractivity contribution in [2.45, 2.75) is 46.4 Å². The number of hydrogen-bond donors (Lipinski definition) is 0. The van der Waals surface area contributed by atoms with E-state index in [1.54, 1.807) is 58.9 Å². The van der Waals surface area contributed by atoms with Gasteiger partial charge in [-0.2, -0.15) is 0 Å². The topological polar surface area (TPSA) is 82.4 Å². The number of aromatic nitrogens is 1. The van der Waals surface area contributed by atoms with Gasteiger partial charge in [0.15, 0.2) is 0 Å². The Labute approximate surface area is 188 Å². The van der Waals surface area contributed by atoms with Crippen molar-refractivity contribution in [2.75, 3.05) is 0 Å². The quantitative estimate of drug-likeness (QED) is 0.318. The summed E-state index contributed by atoms with van der Waals surface area (Å²) in [7, 11) is -3.89. The van der Waals surface area contributed by atoms with Crippen molar-refractivity contribution < 1.29 is 22.7 Å². The average molecular weight is 454 g/mol. The summed E-state index contributed by atoms with van der Waals surface area (Å²) in [6.07, 6.45) is 4.07. The summed E-state index contributed by atoms with van der Waals surface area (Å²) in [5.74, 6) is -1.45. The molecule has 0 aliphatic rings. The minimum absolute atomic E-state index is 0.259. The molecule has 0 bridgehead atoms. The van der Waals surface area contributed by atoms with Gasteiger partial charge in [0, 0.05) is 23.2 Å². The maximum absolute atomic E-state index is 13.6. The van der Waals surface area contributed by atoms with E-state index in [0.717, 1.165) is 11.6 Å². The van der Waals surface area contributed by atoms with Crippen molar-refractivity contribution in [3.05, 3.63) is 70.9 Å². The van der Waals surface area contributed by atoms with E-state index in [4.69, 9.17) is 4.74 Å². The predicted molar refractivity (Wildman–Crippen MR) is 125 cm³/mol. The second-order valence-corrected chi connectivity index (χ2v) is 10.7. The minimum atomic E-state index is -3.89. The highest BCUT2D eigenvalue weighted by Gasteiger charge is 2.26. The van der Waals surface area contributed by atoms with E-state index in [9.17, 15) is 18.0 Å². The molecular weight excluding hydrogens is 426 g/mol. The van der Waals surface area contributed by atoms with Crippen LogP contribution in [0.25, 0.3) is 17.0 Å². The van der Waals surface area contributed by atoms with Crippen LogP contribution >= 0.6 is 0 Å². The first kappa shape index (κ1) is 23.5. The van der Waals surface area contributed by atoms with Gasteiger partial charge < -0.3 is 4.74 Å². The number of carbonyl (C=O) groups is 2. The molecule has 0 unspecified atom stereocenters. The zero-order valence-electron chi connectivity index (χ0n) is 19.1. The van der Waals surface area contributed by atoms with Crippen molar-refractivity contribution >= 4 is 38.9 Å². The zero-order valence-corrected chi connectivity index (χ0v) is 19.9. The standard InChI is InChI=1S/C25H27NO5S/c1-16-13-17(2)23(18(3)14-16)32(29,30)26-15-19(20-9-7-8-10-21(20)26)11-12-22(27)31-24(28)25(4,5)6/h7-15H,1-6H3/b12-11+. The van der Waals surface area contributed by atoms with E-state index in [-0.39, 0.29) is 4.90 Å². The van der Waals surface area contributed by atoms with Crippen molar-refractivity contribution in [1.29, 1.82) is 0 Å². The average Bonchev–Trinajstić information content (AvgIpc) is 3.04. The third-order valence-corrected chi connectivity index (χ3v) is 7.01. The third kappa shape index (κ3) is 4.53. The van der Waals surface area contributed by atoms with Crippen molar-refractivity contribution in [3.8, 4) is 0 Å². The first-order valence-electron chi connectivity index (χ1n) is 10.2. The Kier molecular flexibility index (Phi) is 6.15. The molecule has 0 spiro atoms. The van der Waals surface area contributed by atoms with Gasteiger partial charge in [0.05, 0.1) is 15.8 Å². The minimum Gasteiger partial charge on any atom is -0.389 e. The number of esters is 2. The first-order chi connectivity index (χ1) is 14.8. The summed E-state index contributed by atoms with van der Waals surface area (Å²) in [6, 6.07) is 10.7. The van der Waals surface area contributed by atoms with E-state index in [1.165, 1.54) is 16.2 Å². The van der Waals surface area contributed by atoms with Gasteiger partial charge in [0.25, 0.3) is 10.0 Å². The highest BCUT2D eigenvalue weighted by Crippen LogP contribution is 2.30. The van der Waals surface area contributed by atoms with Crippen LogP contribution in [-0.2, 0) is 24.3 Å². The number of aryl methyl sites for hydroxylation is 3. The second-order valence-electron chi connectivity index (χ2n) is 8.92. The molecule has 0 saturated heterocycles. The normalized spacial score (nSPS) is 12.4. The second kappa shape index (κ2) is 8.39. The molecule has 3 rings (SSSR count). The fraction of sp³-hybridized carbons (Fsp3) is 0.280. The molecule has 32 heavy (non-hydrogen) atoms. The number of rotatable bonds is 4. The van der Waals surface area contributed by atoms with Gasteiger partial charge in [-0.05, 0) is 64.8 Å². The molecule has 0 fully saturated rings. The van der Waals surface area contributed by atoms with Crippen LogP contribution in [0.3, 0.4) is 0 Å². The molecule has 168 valence electrons. The van der Waals surface area contributed by atoms with Gasteiger partial charge >= 0.3 is 11.9 Å².